The number of allylic oxidation sites excluding steroid dienone is 3. The van der Waals surface area contributed by atoms with Gasteiger partial charge in [0.1, 0.15) is 0 Å². The van der Waals surface area contributed by atoms with Gasteiger partial charge in [0.15, 0.2) is 0 Å². The van der Waals surface area contributed by atoms with Gasteiger partial charge in [-0.05, 0) is 35.6 Å². The minimum Gasteiger partial charge on any atom is -0.391 e. The molecule has 4 N–H and O–H groups in total. The van der Waals surface area contributed by atoms with Gasteiger partial charge in [-0.1, -0.05) is 90.5 Å². The van der Waals surface area contributed by atoms with E-state index in [0.29, 0.717) is 12.8 Å². The second-order valence-corrected chi connectivity index (χ2v) is 10.2. The molecule has 2 aromatic carbocycles. The van der Waals surface area contributed by atoms with Crippen LogP contribution in [0.15, 0.2) is 89.0 Å². The second kappa shape index (κ2) is 14.5. The number of aliphatic hydroxyl groups excluding tert-OH is 2. The zero-order valence-electron chi connectivity index (χ0n) is 20.7. The van der Waals surface area contributed by atoms with Gasteiger partial charge in [-0.25, -0.2) is 0 Å². The largest absolute Gasteiger partial charge is 0.391 e. The lowest BCUT2D eigenvalue weighted by atomic mass is 9.92. The van der Waals surface area contributed by atoms with Crippen molar-refractivity contribution >= 4 is 46.6 Å². The van der Waals surface area contributed by atoms with E-state index in [0.717, 1.165) is 16.7 Å². The fraction of sp³-hybridized carbons (Fsp3) is 0.310. The third-order valence-electron chi connectivity index (χ3n) is 6.39. The molecule has 2 amide bonds. The number of hydrogen-bond acceptors (Lipinski definition) is 4. The maximum absolute atomic E-state index is 13.4. The molecule has 0 heterocycles. The van der Waals surface area contributed by atoms with Crippen LogP contribution >= 0.6 is 34.8 Å². The fourth-order valence-corrected chi connectivity index (χ4v) is 5.25. The van der Waals surface area contributed by atoms with Crippen molar-refractivity contribution in [1.82, 2.24) is 10.6 Å². The maximum Gasteiger partial charge on any atom is 0.254 e. The Balaban J connectivity index is 1.71. The third kappa shape index (κ3) is 7.95. The smallest absolute Gasteiger partial charge is 0.254 e. The van der Waals surface area contributed by atoms with E-state index in [-0.39, 0.29) is 40.4 Å². The molecule has 1 aliphatic carbocycles. The molecule has 0 radical (unpaired) electrons. The van der Waals surface area contributed by atoms with Crippen LogP contribution in [-0.4, -0.2) is 46.7 Å². The molecular formula is C29H31Cl3N2O4. The average molecular weight is 578 g/mol. The first-order valence-electron chi connectivity index (χ1n) is 12.3. The van der Waals surface area contributed by atoms with Crippen molar-refractivity contribution in [3.63, 3.8) is 0 Å². The Hall–Kier alpha value is -2.61. The standard InChI is InChI=1S/C29H31Cl3N2O4/c1-2-23(31)26(24(32)12-13-30)29(38)33-17-21(35)15-20(14-18-8-4-3-5-9-18)28(37)34-27-22-11-7-6-10-19(22)16-25(27)36/h2-12,20-21,25,27,35-36H,1,13-17H2,(H,33,38)(H,34,37)/b24-12+,26-23-/t20-,21+,25-,27+/m1/s1. The number of alkyl halides is 1. The first-order valence-corrected chi connectivity index (χ1v) is 13.5. The van der Waals surface area contributed by atoms with Crippen LogP contribution in [0.1, 0.15) is 29.2 Å². The van der Waals surface area contributed by atoms with Gasteiger partial charge >= 0.3 is 0 Å². The lowest BCUT2D eigenvalue weighted by Gasteiger charge is -2.24. The second-order valence-electron chi connectivity index (χ2n) is 9.08. The molecule has 0 bridgehead atoms. The van der Waals surface area contributed by atoms with E-state index in [1.807, 2.05) is 54.6 Å². The van der Waals surface area contributed by atoms with Gasteiger partial charge in [-0.2, -0.15) is 0 Å². The normalized spacial score (nSPS) is 19.1. The summed E-state index contributed by atoms with van der Waals surface area (Å²) >= 11 is 18.0. The van der Waals surface area contributed by atoms with Gasteiger partial charge in [0, 0.05) is 24.8 Å². The minimum absolute atomic E-state index is 0.0105. The molecule has 38 heavy (non-hydrogen) atoms. The van der Waals surface area contributed by atoms with Crippen LogP contribution in [0, 0.1) is 5.92 Å². The van der Waals surface area contributed by atoms with Gasteiger partial charge in [-0.3, -0.25) is 9.59 Å². The Morgan fingerprint density at radius 2 is 1.79 bits per heavy atom. The molecule has 0 spiro atoms. The molecule has 0 unspecified atom stereocenters. The van der Waals surface area contributed by atoms with Crippen LogP contribution in [-0.2, 0) is 22.4 Å². The van der Waals surface area contributed by atoms with Crippen molar-refractivity contribution in [3.05, 3.63) is 106 Å². The average Bonchev–Trinajstić information content (AvgIpc) is 3.22. The molecule has 0 saturated heterocycles. The number of nitrogens with one attached hydrogen (secondary N) is 2. The first-order chi connectivity index (χ1) is 18.2. The first kappa shape index (κ1) is 29.9. The summed E-state index contributed by atoms with van der Waals surface area (Å²) in [5.74, 6) is -1.43. The Morgan fingerprint density at radius 1 is 1.11 bits per heavy atom. The van der Waals surface area contributed by atoms with Crippen molar-refractivity contribution < 1.29 is 19.8 Å². The Bertz CT molecular complexity index is 1200. The quantitative estimate of drug-likeness (QED) is 0.169. The van der Waals surface area contributed by atoms with E-state index >= 15 is 0 Å². The molecule has 4 atom stereocenters. The minimum atomic E-state index is -1.04. The predicted molar refractivity (Wildman–Crippen MR) is 152 cm³/mol. The van der Waals surface area contributed by atoms with Gasteiger partial charge in [0.05, 0.1) is 33.9 Å². The number of aliphatic hydroxyl groups is 2. The molecule has 2 aromatic rings. The molecule has 6 nitrogen and oxygen atoms in total. The molecule has 202 valence electrons. The maximum atomic E-state index is 13.4. The SMILES string of the molecule is C=C/C(Cl)=C(C(=O)NC[C@@H](O)C[C@@H](Cc1ccccc1)C(=O)N[C@H]1c2ccccc2C[C@H]1O)\C(Cl)=C/CCl. The lowest BCUT2D eigenvalue weighted by Crippen LogP contribution is -2.41. The summed E-state index contributed by atoms with van der Waals surface area (Å²) in [5.41, 5.74) is 2.80. The van der Waals surface area contributed by atoms with Crippen LogP contribution < -0.4 is 10.6 Å². The summed E-state index contributed by atoms with van der Waals surface area (Å²) in [6.07, 6.45) is 1.85. The van der Waals surface area contributed by atoms with Crippen molar-refractivity contribution in [2.24, 2.45) is 5.92 Å². The van der Waals surface area contributed by atoms with E-state index in [1.54, 1.807) is 0 Å². The highest BCUT2D eigenvalue weighted by Gasteiger charge is 2.34. The number of benzene rings is 2. The van der Waals surface area contributed by atoms with E-state index in [9.17, 15) is 19.8 Å². The summed E-state index contributed by atoms with van der Waals surface area (Å²) in [7, 11) is 0. The topological polar surface area (TPSA) is 98.7 Å². The molecule has 1 aliphatic rings. The highest BCUT2D eigenvalue weighted by atomic mass is 35.5. The summed E-state index contributed by atoms with van der Waals surface area (Å²) < 4.78 is 0. The number of amides is 2. The van der Waals surface area contributed by atoms with E-state index in [4.69, 9.17) is 34.8 Å². The summed E-state index contributed by atoms with van der Waals surface area (Å²) in [4.78, 5) is 26.2. The predicted octanol–water partition coefficient (Wildman–Crippen LogP) is 4.53. The van der Waals surface area contributed by atoms with Gasteiger partial charge in [0.25, 0.3) is 5.91 Å². The number of rotatable bonds is 12. The number of carbonyl (C=O) groups excluding carboxylic acids is 2. The van der Waals surface area contributed by atoms with E-state index < -0.39 is 30.1 Å². The molecule has 0 fully saturated rings. The van der Waals surface area contributed by atoms with Crippen LogP contribution in [0.4, 0.5) is 0 Å². The van der Waals surface area contributed by atoms with Crippen molar-refractivity contribution in [1.29, 1.82) is 0 Å². The monoisotopic (exact) mass is 576 g/mol. The number of hydrogen-bond donors (Lipinski definition) is 4. The van der Waals surface area contributed by atoms with Gasteiger partial charge in [0.2, 0.25) is 5.91 Å². The number of fused-ring (bicyclic) bond motifs is 1. The van der Waals surface area contributed by atoms with Crippen LogP contribution in [0.2, 0.25) is 0 Å². The van der Waals surface area contributed by atoms with Crippen molar-refractivity contribution in [2.75, 3.05) is 12.4 Å². The highest BCUT2D eigenvalue weighted by Crippen LogP contribution is 2.32. The van der Waals surface area contributed by atoms with Gasteiger partial charge in [-0.15, -0.1) is 11.6 Å². The molecule has 3 rings (SSSR count). The van der Waals surface area contributed by atoms with E-state index in [2.05, 4.69) is 17.2 Å². The summed E-state index contributed by atoms with van der Waals surface area (Å²) in [6, 6.07) is 16.6. The number of halogens is 3. The lowest BCUT2D eigenvalue weighted by molar-refractivity contribution is -0.127. The Morgan fingerprint density at radius 3 is 2.47 bits per heavy atom. The Kier molecular flexibility index (Phi) is 11.4. The molecule has 0 aliphatic heterocycles. The van der Waals surface area contributed by atoms with Crippen LogP contribution in [0.5, 0.6) is 0 Å². The fourth-order valence-electron chi connectivity index (χ4n) is 4.51. The zero-order valence-corrected chi connectivity index (χ0v) is 23.0. The molecular weight excluding hydrogens is 547 g/mol. The van der Waals surface area contributed by atoms with Crippen LogP contribution in [0.3, 0.4) is 0 Å². The summed E-state index contributed by atoms with van der Waals surface area (Å²) in [5, 5.41) is 27.1. The summed E-state index contributed by atoms with van der Waals surface area (Å²) in [6.45, 7) is 3.42. The zero-order chi connectivity index (χ0) is 27.7. The molecule has 9 heteroatoms. The van der Waals surface area contributed by atoms with Crippen molar-refractivity contribution in [2.45, 2.75) is 37.5 Å². The highest BCUT2D eigenvalue weighted by molar-refractivity contribution is 6.40. The van der Waals surface area contributed by atoms with Gasteiger partial charge < -0.3 is 20.8 Å². The molecule has 0 aromatic heterocycles. The number of carbonyl (C=O) groups is 2. The van der Waals surface area contributed by atoms with E-state index in [1.165, 1.54) is 12.2 Å². The Labute approximate surface area is 238 Å². The third-order valence-corrected chi connectivity index (χ3v) is 7.23. The van der Waals surface area contributed by atoms with Crippen molar-refractivity contribution in [3.8, 4) is 0 Å². The van der Waals surface area contributed by atoms with Crippen LogP contribution in [0.25, 0.3) is 0 Å². The molecule has 0 saturated carbocycles.